The maximum Gasteiger partial charge on any atom is 0.251 e. The van der Waals surface area contributed by atoms with E-state index in [1.165, 1.54) is 109 Å². The molecule has 1 aromatic rings. The number of carbonyl (C=O) groups is 1. The Bertz CT molecular complexity index is 1570. The molecule has 1 saturated heterocycles. The minimum absolute atomic E-state index is 0.00552. The van der Waals surface area contributed by atoms with Gasteiger partial charge in [0.25, 0.3) is 5.91 Å². The molecule has 6 aliphatic rings. The molecule has 1 amide bonds. The lowest BCUT2D eigenvalue weighted by Crippen LogP contribution is -2.63. The van der Waals surface area contributed by atoms with Crippen molar-refractivity contribution in [2.24, 2.45) is 51.2 Å². The zero-order valence-corrected chi connectivity index (χ0v) is 35.6. The van der Waals surface area contributed by atoms with Crippen molar-refractivity contribution in [3.8, 4) is 0 Å². The van der Waals surface area contributed by atoms with Crippen LogP contribution in [0.2, 0.25) is 0 Å². The summed E-state index contributed by atoms with van der Waals surface area (Å²) in [6.45, 7) is 21.4. The van der Waals surface area contributed by atoms with Crippen molar-refractivity contribution in [2.45, 2.75) is 150 Å². The fourth-order valence-corrected chi connectivity index (χ4v) is 14.6. The predicted octanol–water partition coefficient (Wildman–Crippen LogP) is 10.7. The van der Waals surface area contributed by atoms with Crippen LogP contribution in [-0.4, -0.2) is 54.7 Å². The van der Waals surface area contributed by atoms with Gasteiger partial charge in [-0.3, -0.25) is 4.79 Å². The number of aliphatic hydroxyl groups is 1. The zero-order valence-electron chi connectivity index (χ0n) is 35.6. The number of benzene rings is 1. The number of carbonyl (C=O) groups excluding carboxylic acids is 1. The van der Waals surface area contributed by atoms with Gasteiger partial charge in [-0.05, 0) is 203 Å². The van der Waals surface area contributed by atoms with Gasteiger partial charge in [-0.2, -0.15) is 0 Å². The minimum atomic E-state index is -0.147. The van der Waals surface area contributed by atoms with Crippen LogP contribution < -0.4 is 10.6 Å². The predicted molar refractivity (Wildman–Crippen MR) is 229 cm³/mol. The molecule has 5 nitrogen and oxygen atoms in total. The van der Waals surface area contributed by atoms with E-state index < -0.39 is 0 Å². The number of likely N-dealkylation sites (tertiary alicyclic amines) is 1. The Labute approximate surface area is 335 Å². The first kappa shape index (κ1) is 40.8. The monoisotopic (exact) mass is 752 g/mol. The van der Waals surface area contributed by atoms with Gasteiger partial charge in [0.05, 0.1) is 6.10 Å². The smallest absolute Gasteiger partial charge is 0.251 e. The molecule has 5 heteroatoms. The lowest BCUT2D eigenvalue weighted by atomic mass is 9.36. The molecular weight excluding hydrogens is 675 g/mol. The van der Waals surface area contributed by atoms with Gasteiger partial charge in [-0.25, -0.2) is 0 Å². The molecule has 0 spiro atoms. The summed E-state index contributed by atoms with van der Waals surface area (Å²) < 4.78 is 0. The lowest BCUT2D eigenvalue weighted by molar-refractivity contribution is -0.214. The number of allylic oxidation sites excluding steroid dienone is 2. The van der Waals surface area contributed by atoms with Crippen LogP contribution >= 0.6 is 0 Å². The highest BCUT2D eigenvalue weighted by molar-refractivity contribution is 5.94. The van der Waals surface area contributed by atoms with E-state index in [0.29, 0.717) is 28.7 Å². The van der Waals surface area contributed by atoms with Crippen LogP contribution in [0.25, 0.3) is 0 Å². The number of rotatable bonds is 13. The quantitative estimate of drug-likeness (QED) is 0.139. The minimum Gasteiger partial charge on any atom is -0.393 e. The van der Waals surface area contributed by atoms with Crippen LogP contribution in [0.4, 0.5) is 0 Å². The largest absolute Gasteiger partial charge is 0.393 e. The van der Waals surface area contributed by atoms with Gasteiger partial charge in [0.1, 0.15) is 0 Å². The summed E-state index contributed by atoms with van der Waals surface area (Å²) in [6, 6.07) is 8.48. The molecule has 9 unspecified atom stereocenters. The fraction of sp³-hybridized carbons (Fsp3) is 0.740. The van der Waals surface area contributed by atoms with E-state index in [1.54, 1.807) is 0 Å². The van der Waals surface area contributed by atoms with Gasteiger partial charge in [-0.1, -0.05) is 71.4 Å². The number of amides is 1. The van der Waals surface area contributed by atoms with Crippen LogP contribution in [-0.2, 0) is 6.42 Å². The van der Waals surface area contributed by atoms with Crippen molar-refractivity contribution in [3.63, 3.8) is 0 Å². The van der Waals surface area contributed by atoms with E-state index >= 15 is 0 Å². The maximum absolute atomic E-state index is 13.4. The Balaban J connectivity index is 0.910. The number of aryl methyl sites for hydroxylation is 1. The molecule has 1 heterocycles. The second kappa shape index (κ2) is 16.8. The molecule has 0 bridgehead atoms. The number of nitrogens with one attached hydrogen (secondary N) is 2. The first-order valence-electron chi connectivity index (χ1n) is 22.9. The highest BCUT2D eigenvalue weighted by Gasteiger charge is 2.66. The molecule has 7 rings (SSSR count). The van der Waals surface area contributed by atoms with Crippen LogP contribution in [0.3, 0.4) is 0 Å². The number of nitrogens with zero attached hydrogens (tertiary/aromatic N) is 1. The van der Waals surface area contributed by atoms with Gasteiger partial charge in [0.2, 0.25) is 0 Å². The Kier molecular flexibility index (Phi) is 12.5. The molecule has 1 aliphatic heterocycles. The third-order valence-corrected chi connectivity index (χ3v) is 17.5. The standard InChI is InChI=1S/C50H77N3O2/c1-7-37(18-17-36(2)51-30-13-33-53-31-9-8-10-32-53)35-52-46(55)39-15-11-14-38(34-39)21-28-50-25-12-16-42(50)40-19-20-44-48(5,41(40)22-29-50)26-23-43-47(3,4)45(54)24-27-49(43,44)6/h7,11,14-15,17-18,34,40-45,51,54H,2,8-10,12-13,16,19-33,35H2,1,3-6H3,(H,52,55)/b18-17-,37-7+. The summed E-state index contributed by atoms with van der Waals surface area (Å²) in [4.78, 5) is 16.0. The van der Waals surface area contributed by atoms with Gasteiger partial charge in [0, 0.05) is 24.4 Å². The molecule has 9 atom stereocenters. The van der Waals surface area contributed by atoms with Crippen molar-refractivity contribution in [1.29, 1.82) is 0 Å². The zero-order chi connectivity index (χ0) is 38.8. The Morgan fingerprint density at radius 2 is 1.67 bits per heavy atom. The summed E-state index contributed by atoms with van der Waals surface area (Å²) >= 11 is 0. The number of fused-ring (bicyclic) bond motifs is 7. The normalized spacial score (nSPS) is 37.4. The first-order chi connectivity index (χ1) is 26.4. The summed E-state index contributed by atoms with van der Waals surface area (Å²) in [7, 11) is 0. The fourth-order valence-electron chi connectivity index (χ4n) is 14.6. The van der Waals surface area contributed by atoms with Crippen molar-refractivity contribution < 1.29 is 9.90 Å². The Hall–Kier alpha value is -2.37. The summed E-state index contributed by atoms with van der Waals surface area (Å²) in [5.41, 5.74) is 5.40. The number of hydrogen-bond donors (Lipinski definition) is 3. The topological polar surface area (TPSA) is 64.6 Å². The third kappa shape index (κ3) is 8.19. The van der Waals surface area contributed by atoms with E-state index in [4.69, 9.17) is 0 Å². The molecule has 304 valence electrons. The van der Waals surface area contributed by atoms with Crippen molar-refractivity contribution >= 4 is 5.91 Å². The molecule has 55 heavy (non-hydrogen) atoms. The second-order valence-corrected chi connectivity index (χ2v) is 20.6. The first-order valence-corrected chi connectivity index (χ1v) is 22.9. The Morgan fingerprint density at radius 1 is 0.873 bits per heavy atom. The average Bonchev–Trinajstić information content (AvgIpc) is 3.62. The maximum atomic E-state index is 13.4. The van der Waals surface area contributed by atoms with Crippen LogP contribution in [0.5, 0.6) is 0 Å². The van der Waals surface area contributed by atoms with Crippen LogP contribution in [0.1, 0.15) is 153 Å². The molecule has 0 aromatic heterocycles. The SMILES string of the molecule is C=C(/C=C\C(=C/C)CNC(=O)c1cccc(CCC23CCCC2C2CCC4C(C)(CCC5C(C)(C)C(O)CCC54C)C2CC3)c1)NCCCN1CCCCC1. The number of hydrogen-bond acceptors (Lipinski definition) is 4. The number of aliphatic hydroxyl groups excluding tert-OH is 1. The summed E-state index contributed by atoms with van der Waals surface area (Å²) in [5.74, 6) is 4.06. The molecule has 0 radical (unpaired) electrons. The van der Waals surface area contributed by atoms with Gasteiger partial charge < -0.3 is 20.6 Å². The van der Waals surface area contributed by atoms with Crippen molar-refractivity contribution in [2.75, 3.05) is 32.7 Å². The summed E-state index contributed by atoms with van der Waals surface area (Å²) in [6.07, 6.45) is 28.3. The number of piperidine rings is 1. The molecule has 3 N–H and O–H groups in total. The molecule has 6 fully saturated rings. The highest BCUT2D eigenvalue weighted by Crippen LogP contribution is 2.73. The van der Waals surface area contributed by atoms with E-state index in [1.807, 2.05) is 19.1 Å². The highest BCUT2D eigenvalue weighted by atomic mass is 16.3. The van der Waals surface area contributed by atoms with E-state index in [0.717, 1.165) is 72.9 Å². The van der Waals surface area contributed by atoms with Gasteiger partial charge >= 0.3 is 0 Å². The Morgan fingerprint density at radius 3 is 2.47 bits per heavy atom. The average molecular weight is 752 g/mol. The van der Waals surface area contributed by atoms with Crippen LogP contribution in [0.15, 0.2) is 60.3 Å². The second-order valence-electron chi connectivity index (χ2n) is 20.6. The third-order valence-electron chi connectivity index (χ3n) is 17.5. The van der Waals surface area contributed by atoms with Crippen molar-refractivity contribution in [3.05, 3.63) is 71.5 Å². The van der Waals surface area contributed by atoms with Gasteiger partial charge in [-0.15, -0.1) is 0 Å². The lowest BCUT2D eigenvalue weighted by Gasteiger charge is -2.69. The van der Waals surface area contributed by atoms with Crippen molar-refractivity contribution in [1.82, 2.24) is 15.5 Å². The molecular formula is C50H77N3O2. The summed E-state index contributed by atoms with van der Waals surface area (Å²) in [5, 5.41) is 17.7. The molecule has 5 aliphatic carbocycles. The van der Waals surface area contributed by atoms with E-state index in [2.05, 4.69) is 80.2 Å². The van der Waals surface area contributed by atoms with Gasteiger partial charge in [0.15, 0.2) is 0 Å². The molecule has 1 aromatic carbocycles. The van der Waals surface area contributed by atoms with E-state index in [9.17, 15) is 9.90 Å². The van der Waals surface area contributed by atoms with E-state index in [-0.39, 0.29) is 17.4 Å². The molecule has 5 saturated carbocycles. The van der Waals surface area contributed by atoms with Crippen LogP contribution in [0, 0.1) is 51.2 Å².